The largest absolute Gasteiger partial charge is 0.437 e. The van der Waals surface area contributed by atoms with Crippen LogP contribution in [0.2, 0.25) is 0 Å². The molecule has 0 unspecified atom stereocenters. The zero-order valence-electron chi connectivity index (χ0n) is 16.6. The van der Waals surface area contributed by atoms with Crippen LogP contribution >= 0.6 is 0 Å². The average Bonchev–Trinajstić information content (AvgIpc) is 2.97. The number of rotatable bonds is 3. The highest BCUT2D eigenvalue weighted by Crippen LogP contribution is 2.37. The molecule has 4 aromatic rings. The van der Waals surface area contributed by atoms with Gasteiger partial charge in [-0.3, -0.25) is 0 Å². The predicted molar refractivity (Wildman–Crippen MR) is 111 cm³/mol. The van der Waals surface area contributed by atoms with Crippen molar-refractivity contribution in [1.82, 2.24) is 4.98 Å². The Kier molecular flexibility index (Phi) is 4.10. The van der Waals surface area contributed by atoms with Crippen LogP contribution < -0.4 is 4.57 Å². The number of furan rings is 1. The Bertz CT molecular complexity index is 1170. The second-order valence-electron chi connectivity index (χ2n) is 7.85. The summed E-state index contributed by atoms with van der Waals surface area (Å²) >= 11 is 0. The maximum atomic E-state index is 6.38. The quantitative estimate of drug-likeness (QED) is 0.383. The third kappa shape index (κ3) is 2.93. The van der Waals surface area contributed by atoms with Gasteiger partial charge in [0.25, 0.3) is 0 Å². The molecule has 0 aliphatic carbocycles. The van der Waals surface area contributed by atoms with Gasteiger partial charge in [0.2, 0.25) is 11.4 Å². The average molecular weight is 355 g/mol. The van der Waals surface area contributed by atoms with Crippen LogP contribution in [0.5, 0.6) is 0 Å². The second-order valence-corrected chi connectivity index (χ2v) is 7.85. The van der Waals surface area contributed by atoms with Crippen molar-refractivity contribution in [2.45, 2.75) is 46.5 Å². The van der Waals surface area contributed by atoms with Gasteiger partial charge >= 0.3 is 0 Å². The predicted octanol–water partition coefficient (Wildman–Crippen LogP) is 4.98. The molecule has 4 heteroatoms. The summed E-state index contributed by atoms with van der Waals surface area (Å²) in [5, 5.41) is 1.74. The van der Waals surface area contributed by atoms with E-state index < -0.39 is 5.31 Å². The molecule has 0 N–H and O–H groups in total. The highest BCUT2D eigenvalue weighted by molar-refractivity contribution is 6.15. The van der Waals surface area contributed by atoms with Gasteiger partial charge in [0.1, 0.15) is 6.54 Å². The molecule has 134 valence electrons. The first-order chi connectivity index (χ1) is 12.8. The molecule has 0 saturated heterocycles. The number of aromatic nitrogens is 2. The first-order valence-corrected chi connectivity index (χ1v) is 9.42. The lowest BCUT2D eigenvalue weighted by atomic mass is 9.67. The molecular formula is C23H24BN2O+. The minimum Gasteiger partial charge on any atom is -0.437 e. The summed E-state index contributed by atoms with van der Waals surface area (Å²) in [6, 6.07) is 12.7. The molecule has 0 aliphatic rings. The van der Waals surface area contributed by atoms with Gasteiger partial charge in [0, 0.05) is 28.6 Å². The lowest BCUT2D eigenvalue weighted by Crippen LogP contribution is -2.36. The summed E-state index contributed by atoms with van der Waals surface area (Å²) in [5.74, 6) is 0. The van der Waals surface area contributed by atoms with E-state index in [1.54, 1.807) is 0 Å². The van der Waals surface area contributed by atoms with Gasteiger partial charge in [-0.05, 0) is 49.3 Å². The summed E-state index contributed by atoms with van der Waals surface area (Å²) in [5.41, 5.74) is 7.03. The van der Waals surface area contributed by atoms with Crippen LogP contribution in [-0.4, -0.2) is 12.8 Å². The van der Waals surface area contributed by atoms with Crippen molar-refractivity contribution >= 4 is 29.9 Å². The van der Waals surface area contributed by atoms with Gasteiger partial charge in [-0.25, -0.2) is 4.98 Å². The van der Waals surface area contributed by atoms with Crippen LogP contribution in [0.15, 0.2) is 47.0 Å². The Morgan fingerprint density at radius 2 is 1.81 bits per heavy atom. The number of pyridine rings is 2. The second kappa shape index (κ2) is 6.23. The molecule has 0 fully saturated rings. The van der Waals surface area contributed by atoms with Crippen molar-refractivity contribution < 1.29 is 8.98 Å². The summed E-state index contributed by atoms with van der Waals surface area (Å²) in [4.78, 5) is 4.58. The zero-order valence-corrected chi connectivity index (χ0v) is 16.6. The Morgan fingerprint density at radius 3 is 2.52 bits per heavy atom. The minimum absolute atomic E-state index is 0.407. The maximum absolute atomic E-state index is 6.38. The van der Waals surface area contributed by atoms with Gasteiger partial charge in [-0.2, -0.15) is 4.57 Å². The fourth-order valence-electron chi connectivity index (χ4n) is 3.65. The van der Waals surface area contributed by atoms with Gasteiger partial charge in [-0.15, -0.1) is 0 Å². The van der Waals surface area contributed by atoms with E-state index in [-0.39, 0.29) is 0 Å². The Hall–Kier alpha value is -2.62. The first kappa shape index (κ1) is 17.8. The van der Waals surface area contributed by atoms with Crippen molar-refractivity contribution in [3.05, 3.63) is 59.4 Å². The summed E-state index contributed by atoms with van der Waals surface area (Å²) in [6.45, 7) is 11.2. The molecular weight excluding hydrogens is 331 g/mol. The van der Waals surface area contributed by atoms with Gasteiger partial charge in [0.05, 0.1) is 13.4 Å². The van der Waals surface area contributed by atoms with E-state index in [0.717, 1.165) is 45.4 Å². The van der Waals surface area contributed by atoms with E-state index in [1.807, 2.05) is 26.8 Å². The van der Waals surface area contributed by atoms with Gasteiger partial charge in [-0.1, -0.05) is 26.0 Å². The van der Waals surface area contributed by atoms with Gasteiger partial charge in [0.15, 0.2) is 11.8 Å². The zero-order chi connectivity index (χ0) is 19.3. The third-order valence-electron chi connectivity index (χ3n) is 5.23. The van der Waals surface area contributed by atoms with Crippen LogP contribution in [0.25, 0.3) is 33.3 Å². The molecule has 3 heterocycles. The van der Waals surface area contributed by atoms with Crippen molar-refractivity contribution in [3.63, 3.8) is 0 Å². The van der Waals surface area contributed by atoms with E-state index in [2.05, 4.69) is 59.9 Å². The normalized spacial score (nSPS) is 12.2. The molecule has 0 atom stereocenters. The molecule has 0 saturated carbocycles. The van der Waals surface area contributed by atoms with Crippen LogP contribution in [0.4, 0.5) is 0 Å². The third-order valence-corrected chi connectivity index (χ3v) is 5.23. The van der Waals surface area contributed by atoms with E-state index in [4.69, 9.17) is 12.3 Å². The number of fused-ring (bicyclic) bond motifs is 3. The first-order valence-electron chi connectivity index (χ1n) is 9.42. The van der Waals surface area contributed by atoms with Crippen LogP contribution in [0, 0.1) is 13.8 Å². The molecule has 3 aromatic heterocycles. The van der Waals surface area contributed by atoms with E-state index in [9.17, 15) is 0 Å². The Morgan fingerprint density at radius 1 is 1.07 bits per heavy atom. The summed E-state index contributed by atoms with van der Waals surface area (Å²) in [6.07, 6.45) is 2.11. The van der Waals surface area contributed by atoms with Crippen molar-refractivity contribution in [2.75, 3.05) is 0 Å². The number of hydrogen-bond acceptors (Lipinski definition) is 2. The molecule has 1 aromatic carbocycles. The Balaban J connectivity index is 2.09. The lowest BCUT2D eigenvalue weighted by molar-refractivity contribution is -0.682. The highest BCUT2D eigenvalue weighted by atomic mass is 16.3. The summed E-state index contributed by atoms with van der Waals surface area (Å²) in [7, 11) is 6.38. The van der Waals surface area contributed by atoms with E-state index >= 15 is 0 Å². The lowest BCUT2D eigenvalue weighted by Gasteiger charge is -2.19. The standard InChI is InChI=1S/C23H24BN2O/c1-6-26-12-11-16(23(4,5)24)13-19(26)20-14(2)7-9-17-18-10-8-15(3)25-22(18)27-21(17)20/h7-13H,6H2,1-5H3/q+1. The minimum atomic E-state index is -0.407. The molecule has 4 rings (SSSR count). The number of aryl methyl sites for hydroxylation is 3. The molecule has 0 bridgehead atoms. The van der Waals surface area contributed by atoms with Crippen LogP contribution in [0.3, 0.4) is 0 Å². The molecule has 2 radical (unpaired) electrons. The fourth-order valence-corrected chi connectivity index (χ4v) is 3.65. The van der Waals surface area contributed by atoms with Crippen molar-refractivity contribution in [2.24, 2.45) is 0 Å². The van der Waals surface area contributed by atoms with E-state index in [0.29, 0.717) is 5.71 Å². The fraction of sp³-hybridized carbons (Fsp3) is 0.304. The van der Waals surface area contributed by atoms with Crippen molar-refractivity contribution in [3.8, 4) is 11.3 Å². The van der Waals surface area contributed by atoms with Crippen LogP contribution in [-0.2, 0) is 11.9 Å². The number of benzene rings is 1. The highest BCUT2D eigenvalue weighted by Gasteiger charge is 2.24. The molecule has 0 aliphatic heterocycles. The Labute approximate surface area is 161 Å². The smallest absolute Gasteiger partial charge is 0.227 e. The molecule has 0 spiro atoms. The maximum Gasteiger partial charge on any atom is 0.227 e. The van der Waals surface area contributed by atoms with E-state index in [1.165, 1.54) is 5.56 Å². The summed E-state index contributed by atoms with van der Waals surface area (Å²) < 4.78 is 8.51. The number of nitrogens with zero attached hydrogens (tertiary/aromatic N) is 2. The van der Waals surface area contributed by atoms with Crippen molar-refractivity contribution in [1.29, 1.82) is 0 Å². The number of hydrogen-bond donors (Lipinski definition) is 0. The SMILES string of the molecule is [B]C(C)(C)c1cc[n+](CC)c(-c2c(C)ccc3c2oc2nc(C)ccc23)c1. The van der Waals surface area contributed by atoms with Gasteiger partial charge < -0.3 is 4.42 Å². The molecule has 3 nitrogen and oxygen atoms in total. The molecule has 27 heavy (non-hydrogen) atoms. The molecule has 0 amide bonds. The van der Waals surface area contributed by atoms with Crippen LogP contribution in [0.1, 0.15) is 37.6 Å². The topological polar surface area (TPSA) is 29.9 Å². The monoisotopic (exact) mass is 355 g/mol.